The van der Waals surface area contributed by atoms with Gasteiger partial charge in [-0.15, -0.1) is 11.3 Å². The zero-order valence-corrected chi connectivity index (χ0v) is 26.5. The summed E-state index contributed by atoms with van der Waals surface area (Å²) in [7, 11) is 0. The molecule has 0 spiro atoms. The minimum atomic E-state index is -0.616. The Morgan fingerprint density at radius 3 is 1.47 bits per heavy atom. The van der Waals surface area contributed by atoms with Crippen molar-refractivity contribution in [3.05, 3.63) is 176 Å². The molecule has 9 rings (SSSR count). The minimum Gasteiger partial charge on any atom is -0.208 e. The highest BCUT2D eigenvalue weighted by Crippen LogP contribution is 2.40. The van der Waals surface area contributed by atoms with Crippen LogP contribution in [0, 0.1) is 0 Å². The van der Waals surface area contributed by atoms with Gasteiger partial charge in [-0.1, -0.05) is 158 Å². The number of hydrogen-bond donors (Lipinski definition) is 0. The van der Waals surface area contributed by atoms with Gasteiger partial charge in [0.25, 0.3) is 0 Å². The Labute approximate surface area is 304 Å². The first-order valence-electron chi connectivity index (χ1n) is 21.0. The maximum atomic E-state index is 9.66. The van der Waals surface area contributed by atoms with Crippen molar-refractivity contribution >= 4 is 31.5 Å². The van der Waals surface area contributed by atoms with Crippen LogP contribution in [-0.4, -0.2) is 15.0 Å². The Morgan fingerprint density at radius 2 is 0.857 bits per heavy atom. The summed E-state index contributed by atoms with van der Waals surface area (Å²) in [5, 5.41) is -0.0328. The van der Waals surface area contributed by atoms with Gasteiger partial charge in [-0.3, -0.25) is 0 Å². The molecule has 9 aromatic rings. The summed E-state index contributed by atoms with van der Waals surface area (Å²) in [5.74, 6) is 0.264. The first kappa shape index (κ1) is 19.6. The topological polar surface area (TPSA) is 38.7 Å². The van der Waals surface area contributed by atoms with Gasteiger partial charge in [0.15, 0.2) is 17.5 Å². The van der Waals surface area contributed by atoms with Crippen molar-refractivity contribution in [3.63, 3.8) is 0 Å². The van der Waals surface area contributed by atoms with Crippen LogP contribution in [0.15, 0.2) is 176 Å². The van der Waals surface area contributed by atoms with Gasteiger partial charge in [0.2, 0.25) is 0 Å². The molecule has 2 aromatic heterocycles. The number of fused-ring (bicyclic) bond motifs is 3. The summed E-state index contributed by atoms with van der Waals surface area (Å²) >= 11 is 0.860. The highest BCUT2D eigenvalue weighted by molar-refractivity contribution is 7.25. The number of thiophene rings is 1. The zero-order chi connectivity index (χ0) is 42.1. The van der Waals surface area contributed by atoms with Crippen molar-refractivity contribution in [2.75, 3.05) is 0 Å². The van der Waals surface area contributed by atoms with E-state index in [2.05, 4.69) is 0 Å². The van der Waals surface area contributed by atoms with E-state index < -0.39 is 54.4 Å². The second-order valence-corrected chi connectivity index (χ2v) is 12.2. The Kier molecular flexibility index (Phi) is 4.96. The van der Waals surface area contributed by atoms with Gasteiger partial charge in [0.05, 0.1) is 15.1 Å². The van der Waals surface area contributed by atoms with Crippen molar-refractivity contribution in [2.24, 2.45) is 0 Å². The van der Waals surface area contributed by atoms with Gasteiger partial charge >= 0.3 is 0 Å². The van der Waals surface area contributed by atoms with Crippen LogP contribution >= 0.6 is 11.3 Å². The molecule has 0 aliphatic rings. The lowest BCUT2D eigenvalue weighted by molar-refractivity contribution is 1.07. The number of aromatic nitrogens is 3. The fourth-order valence-electron chi connectivity index (χ4n) is 5.76. The maximum absolute atomic E-state index is 9.66. The van der Waals surface area contributed by atoms with Crippen molar-refractivity contribution < 1.29 is 15.1 Å². The van der Waals surface area contributed by atoms with Crippen LogP contribution < -0.4 is 0 Å². The molecule has 230 valence electrons. The number of nitrogens with zero attached hydrogens (tertiary/aromatic N) is 3. The van der Waals surface area contributed by atoms with Crippen LogP contribution in [0.1, 0.15) is 15.1 Å². The van der Waals surface area contributed by atoms with Gasteiger partial charge in [0.1, 0.15) is 0 Å². The lowest BCUT2D eigenvalue weighted by Crippen LogP contribution is -2.00. The fourth-order valence-corrected chi connectivity index (χ4v) is 6.73. The molecular formula is C45H29N3S. The molecule has 0 aliphatic heterocycles. The highest BCUT2D eigenvalue weighted by Gasteiger charge is 2.15. The van der Waals surface area contributed by atoms with Crippen LogP contribution in [0.25, 0.3) is 87.7 Å². The molecule has 0 amide bonds. The molecule has 0 radical (unpaired) electrons. The molecule has 0 N–H and O–H groups in total. The van der Waals surface area contributed by atoms with E-state index in [1.54, 1.807) is 0 Å². The van der Waals surface area contributed by atoms with E-state index in [-0.39, 0.29) is 66.4 Å². The molecule has 4 heteroatoms. The van der Waals surface area contributed by atoms with Gasteiger partial charge in [-0.05, 0) is 51.5 Å². The number of benzene rings is 7. The molecular weight excluding hydrogens is 615 g/mol. The largest absolute Gasteiger partial charge is 0.208 e. The minimum absolute atomic E-state index is 0.00730. The molecule has 49 heavy (non-hydrogen) atoms. The van der Waals surface area contributed by atoms with Crippen molar-refractivity contribution in [1.82, 2.24) is 15.0 Å². The van der Waals surface area contributed by atoms with E-state index in [9.17, 15) is 1.37 Å². The molecule has 3 nitrogen and oxygen atoms in total. The second kappa shape index (κ2) is 12.4. The van der Waals surface area contributed by atoms with Crippen molar-refractivity contribution in [1.29, 1.82) is 0 Å². The van der Waals surface area contributed by atoms with Crippen LogP contribution in [0.3, 0.4) is 0 Å². The van der Waals surface area contributed by atoms with E-state index >= 15 is 0 Å². The summed E-state index contributed by atoms with van der Waals surface area (Å²) in [4.78, 5) is 14.4. The van der Waals surface area contributed by atoms with E-state index in [4.69, 9.17) is 28.7 Å². The summed E-state index contributed by atoms with van der Waals surface area (Å²) in [6.07, 6.45) is 0. The maximum Gasteiger partial charge on any atom is 0.164 e. The molecule has 0 atom stereocenters. The van der Waals surface area contributed by atoms with Gasteiger partial charge in [0, 0.05) is 36.9 Å². The quantitative estimate of drug-likeness (QED) is 0.179. The van der Waals surface area contributed by atoms with Crippen LogP contribution in [0.4, 0.5) is 0 Å². The van der Waals surface area contributed by atoms with E-state index in [1.807, 2.05) is 109 Å². The van der Waals surface area contributed by atoms with Crippen LogP contribution in [-0.2, 0) is 0 Å². The third-order valence-electron chi connectivity index (χ3n) is 8.18. The van der Waals surface area contributed by atoms with Gasteiger partial charge in [-0.2, -0.15) is 0 Å². The van der Waals surface area contributed by atoms with Crippen LogP contribution in [0.2, 0.25) is 0 Å². The SMILES string of the molecule is [2H]c1c([2H])c(-c2nc(-c3ccc(-c4ccccc4)cc3)nc(-c3ccc(-c4ccccc4)cc3)n2)c([2H])c(-c2c([2H])c([2H])c([2H])c3sc4c([2H])c([2H])c([2H])c([2H])c4c23)c1[2H]. The predicted molar refractivity (Wildman–Crippen MR) is 205 cm³/mol. The Hall–Kier alpha value is -6.23. The average Bonchev–Trinajstić information content (AvgIpc) is 3.69. The molecule has 0 fully saturated rings. The Morgan fingerprint density at radius 1 is 0.388 bits per heavy atom. The lowest BCUT2D eigenvalue weighted by atomic mass is 9.98. The third-order valence-corrected chi connectivity index (χ3v) is 9.20. The molecule has 2 heterocycles. The highest BCUT2D eigenvalue weighted by atomic mass is 32.1. The third kappa shape index (κ3) is 5.58. The van der Waals surface area contributed by atoms with E-state index in [1.165, 1.54) is 0 Å². The van der Waals surface area contributed by atoms with E-state index in [0.717, 1.165) is 33.6 Å². The molecule has 0 saturated carbocycles. The second-order valence-electron chi connectivity index (χ2n) is 11.2. The monoisotopic (exact) mass is 654 g/mol. The summed E-state index contributed by atoms with van der Waals surface area (Å²) in [6.45, 7) is 0. The predicted octanol–water partition coefficient (Wildman–Crippen LogP) is 12.2. The van der Waals surface area contributed by atoms with Gasteiger partial charge < -0.3 is 0 Å². The summed E-state index contributed by atoms with van der Waals surface area (Å²) < 4.78 is 97.8. The summed E-state index contributed by atoms with van der Waals surface area (Å²) in [5.41, 5.74) is 4.33. The van der Waals surface area contributed by atoms with Crippen molar-refractivity contribution in [3.8, 4) is 67.5 Å². The molecule has 0 bridgehead atoms. The lowest BCUT2D eigenvalue weighted by Gasteiger charge is -2.11. The normalized spacial score (nSPS) is 14.4. The summed E-state index contributed by atoms with van der Waals surface area (Å²) in [6, 6.07) is 29.2. The standard InChI is InChI=1S/C45H29N3S/c1-3-11-30(12-4-1)32-21-25-34(26-22-32)43-46-44(35-27-23-33(24-28-35)31-13-5-2-6-14-31)48-45(47-43)37-16-9-15-36(29-37)38-18-10-20-41-42(38)39-17-7-8-19-40(39)49-41/h1-29H/i7D,8D,9D,10D,15D,16D,17D,18D,19D,20D,29D. The van der Waals surface area contributed by atoms with Crippen LogP contribution in [0.5, 0.6) is 0 Å². The molecule has 7 aromatic carbocycles. The van der Waals surface area contributed by atoms with Crippen molar-refractivity contribution in [2.45, 2.75) is 0 Å². The van der Waals surface area contributed by atoms with Gasteiger partial charge in [-0.25, -0.2) is 15.0 Å². The number of hydrogen-bond acceptors (Lipinski definition) is 4. The molecule has 0 aliphatic carbocycles. The molecule has 0 saturated heterocycles. The Bertz CT molecular complexity index is 3090. The number of rotatable bonds is 6. The first-order valence-corrected chi connectivity index (χ1v) is 16.3. The Balaban J connectivity index is 1.31. The smallest absolute Gasteiger partial charge is 0.164 e. The van der Waals surface area contributed by atoms with E-state index in [0.29, 0.717) is 11.1 Å². The first-order chi connectivity index (χ1) is 28.8. The zero-order valence-electron chi connectivity index (χ0n) is 36.6. The molecule has 0 unspecified atom stereocenters. The fraction of sp³-hybridized carbons (Fsp3) is 0. The average molecular weight is 655 g/mol.